The highest BCUT2D eigenvalue weighted by atomic mass is 16.3. The number of aliphatic hydroxyl groups is 1. The van der Waals surface area contributed by atoms with Gasteiger partial charge in [-0.15, -0.1) is 12.3 Å². The molecule has 0 rings (SSSR count). The minimum absolute atomic E-state index is 0.0348. The molecule has 11 heavy (non-hydrogen) atoms. The second-order valence-electron chi connectivity index (χ2n) is 3.55. The number of hydrogen-bond donors (Lipinski definition) is 1. The normalized spacial score (nSPS) is 19.0. The third-order valence-electron chi connectivity index (χ3n) is 2.37. The molecule has 1 N–H and O–H groups in total. The first-order chi connectivity index (χ1) is 5.00. The number of rotatable bonds is 3. The van der Waals surface area contributed by atoms with Gasteiger partial charge in [0.25, 0.3) is 0 Å². The molecule has 0 aliphatic carbocycles. The summed E-state index contributed by atoms with van der Waals surface area (Å²) in [5.74, 6) is 3.28. The molecule has 0 saturated heterocycles. The second kappa shape index (κ2) is 4.41. The minimum Gasteiger partial charge on any atom is -0.392 e. The van der Waals surface area contributed by atoms with Crippen LogP contribution < -0.4 is 0 Å². The van der Waals surface area contributed by atoms with Gasteiger partial charge in [-0.1, -0.05) is 20.8 Å². The van der Waals surface area contributed by atoms with Crippen LogP contribution in [0.4, 0.5) is 0 Å². The number of hydrogen-bond acceptors (Lipinski definition) is 1. The summed E-state index contributed by atoms with van der Waals surface area (Å²) in [5.41, 5.74) is 0. The maximum Gasteiger partial charge on any atom is 0.0702 e. The van der Waals surface area contributed by atoms with Gasteiger partial charge in [-0.2, -0.15) is 0 Å². The summed E-state index contributed by atoms with van der Waals surface area (Å²) < 4.78 is 0. The van der Waals surface area contributed by atoms with Crippen LogP contribution in [0.25, 0.3) is 0 Å². The van der Waals surface area contributed by atoms with Crippen LogP contribution in [0.15, 0.2) is 0 Å². The third-order valence-corrected chi connectivity index (χ3v) is 2.37. The molecule has 0 aromatic heterocycles. The molecule has 0 aliphatic heterocycles. The van der Waals surface area contributed by atoms with Crippen LogP contribution in [0, 0.1) is 30.1 Å². The van der Waals surface area contributed by atoms with E-state index in [4.69, 9.17) is 6.42 Å². The van der Waals surface area contributed by atoms with Gasteiger partial charge in [-0.25, -0.2) is 0 Å². The van der Waals surface area contributed by atoms with Crippen molar-refractivity contribution in [2.75, 3.05) is 0 Å². The average Bonchev–Trinajstić information content (AvgIpc) is 2.00. The summed E-state index contributed by atoms with van der Waals surface area (Å²) in [6.45, 7) is 8.10. The quantitative estimate of drug-likeness (QED) is 0.616. The van der Waals surface area contributed by atoms with Crippen molar-refractivity contribution in [1.29, 1.82) is 0 Å². The smallest absolute Gasteiger partial charge is 0.0702 e. The van der Waals surface area contributed by atoms with E-state index in [1.165, 1.54) is 0 Å². The second-order valence-corrected chi connectivity index (χ2v) is 3.55. The Morgan fingerprint density at radius 3 is 1.91 bits per heavy atom. The lowest BCUT2D eigenvalue weighted by atomic mass is 9.86. The van der Waals surface area contributed by atoms with E-state index in [1.807, 2.05) is 13.8 Å². The third kappa shape index (κ3) is 2.95. The monoisotopic (exact) mass is 154 g/mol. The molecule has 0 saturated carbocycles. The topological polar surface area (TPSA) is 20.2 Å². The Morgan fingerprint density at radius 1 is 1.18 bits per heavy atom. The van der Waals surface area contributed by atoms with Gasteiger partial charge >= 0.3 is 0 Å². The zero-order chi connectivity index (χ0) is 9.02. The molecule has 0 amide bonds. The van der Waals surface area contributed by atoms with E-state index >= 15 is 0 Å². The molecule has 0 aromatic rings. The molecule has 0 radical (unpaired) electrons. The summed E-state index contributed by atoms with van der Waals surface area (Å²) >= 11 is 0. The zero-order valence-corrected chi connectivity index (χ0v) is 7.83. The van der Waals surface area contributed by atoms with Crippen LogP contribution in [-0.2, 0) is 0 Å². The fourth-order valence-electron chi connectivity index (χ4n) is 0.948. The van der Waals surface area contributed by atoms with Gasteiger partial charge in [0.1, 0.15) is 0 Å². The first-order valence-electron chi connectivity index (χ1n) is 4.14. The molecule has 0 heterocycles. The van der Waals surface area contributed by atoms with Gasteiger partial charge in [0, 0.05) is 5.92 Å². The largest absolute Gasteiger partial charge is 0.392 e. The SMILES string of the molecule is C#C[C@@H](C)[C@@H](O)[C@H](C)C(C)C. The maximum absolute atomic E-state index is 9.61. The standard InChI is InChI=1S/C10H18O/c1-6-8(4)10(11)9(5)7(2)3/h1,7-11H,2-5H3/t8-,9-,10-/m1/s1. The Bertz CT molecular complexity index is 143. The van der Waals surface area contributed by atoms with Crippen molar-refractivity contribution in [3.8, 4) is 12.3 Å². The molecular weight excluding hydrogens is 136 g/mol. The van der Waals surface area contributed by atoms with Crippen molar-refractivity contribution in [2.24, 2.45) is 17.8 Å². The Balaban J connectivity index is 4.03. The zero-order valence-electron chi connectivity index (χ0n) is 7.83. The van der Waals surface area contributed by atoms with Crippen LogP contribution in [0.3, 0.4) is 0 Å². The van der Waals surface area contributed by atoms with Crippen molar-refractivity contribution in [3.05, 3.63) is 0 Å². The lowest BCUT2D eigenvalue weighted by Crippen LogP contribution is -2.28. The van der Waals surface area contributed by atoms with E-state index in [9.17, 15) is 5.11 Å². The Labute approximate surface area is 69.8 Å². The van der Waals surface area contributed by atoms with E-state index < -0.39 is 0 Å². The molecule has 1 nitrogen and oxygen atoms in total. The van der Waals surface area contributed by atoms with E-state index in [1.54, 1.807) is 0 Å². The predicted molar refractivity (Wildman–Crippen MR) is 48.0 cm³/mol. The lowest BCUT2D eigenvalue weighted by Gasteiger charge is -2.24. The van der Waals surface area contributed by atoms with Gasteiger partial charge < -0.3 is 5.11 Å². The molecule has 3 atom stereocenters. The van der Waals surface area contributed by atoms with Gasteiger partial charge in [-0.3, -0.25) is 0 Å². The first kappa shape index (κ1) is 10.5. The summed E-state index contributed by atoms with van der Waals surface area (Å²) in [4.78, 5) is 0. The maximum atomic E-state index is 9.61. The summed E-state index contributed by atoms with van der Waals surface area (Å²) in [6, 6.07) is 0. The number of aliphatic hydroxyl groups excluding tert-OH is 1. The fraction of sp³-hybridized carbons (Fsp3) is 0.800. The molecule has 0 spiro atoms. The van der Waals surface area contributed by atoms with Gasteiger partial charge in [0.05, 0.1) is 6.10 Å². The molecule has 0 fully saturated rings. The molecule has 0 aromatic carbocycles. The van der Waals surface area contributed by atoms with Gasteiger partial charge in [0.2, 0.25) is 0 Å². The Hall–Kier alpha value is -0.480. The molecule has 1 heteroatoms. The summed E-state index contributed by atoms with van der Waals surface area (Å²) in [7, 11) is 0. The highest BCUT2D eigenvalue weighted by molar-refractivity contribution is 4.95. The van der Waals surface area contributed by atoms with E-state index in [-0.39, 0.29) is 17.9 Å². The van der Waals surface area contributed by atoms with Crippen molar-refractivity contribution >= 4 is 0 Å². The molecule has 0 bridgehead atoms. The molecule has 0 unspecified atom stereocenters. The average molecular weight is 154 g/mol. The van der Waals surface area contributed by atoms with Crippen molar-refractivity contribution in [1.82, 2.24) is 0 Å². The van der Waals surface area contributed by atoms with Crippen LogP contribution in [0.2, 0.25) is 0 Å². The molecule has 64 valence electrons. The van der Waals surface area contributed by atoms with Crippen LogP contribution in [0.1, 0.15) is 27.7 Å². The van der Waals surface area contributed by atoms with Crippen molar-refractivity contribution < 1.29 is 5.11 Å². The highest BCUT2D eigenvalue weighted by Crippen LogP contribution is 2.19. The summed E-state index contributed by atoms with van der Waals surface area (Å²) in [5, 5.41) is 9.61. The molecule has 0 aliphatic rings. The Morgan fingerprint density at radius 2 is 1.64 bits per heavy atom. The molecular formula is C10H18O. The first-order valence-corrected chi connectivity index (χ1v) is 4.14. The fourth-order valence-corrected chi connectivity index (χ4v) is 0.948. The van der Waals surface area contributed by atoms with E-state index in [0.29, 0.717) is 5.92 Å². The number of terminal acetylenes is 1. The van der Waals surface area contributed by atoms with Gasteiger partial charge in [-0.05, 0) is 18.8 Å². The lowest BCUT2D eigenvalue weighted by molar-refractivity contribution is 0.0646. The van der Waals surface area contributed by atoms with Crippen LogP contribution >= 0.6 is 0 Å². The van der Waals surface area contributed by atoms with Crippen molar-refractivity contribution in [2.45, 2.75) is 33.8 Å². The van der Waals surface area contributed by atoms with Crippen LogP contribution in [-0.4, -0.2) is 11.2 Å². The van der Waals surface area contributed by atoms with E-state index in [2.05, 4.69) is 19.8 Å². The van der Waals surface area contributed by atoms with Gasteiger partial charge in [0.15, 0.2) is 0 Å². The Kier molecular flexibility index (Phi) is 4.22. The summed E-state index contributed by atoms with van der Waals surface area (Å²) in [6.07, 6.45) is 4.84. The minimum atomic E-state index is -0.361. The van der Waals surface area contributed by atoms with Crippen molar-refractivity contribution in [3.63, 3.8) is 0 Å². The van der Waals surface area contributed by atoms with Crippen LogP contribution in [0.5, 0.6) is 0 Å². The predicted octanol–water partition coefficient (Wildman–Crippen LogP) is 1.91. The van der Waals surface area contributed by atoms with E-state index in [0.717, 1.165) is 0 Å². The highest BCUT2D eigenvalue weighted by Gasteiger charge is 2.21.